The van der Waals surface area contributed by atoms with E-state index in [0.717, 1.165) is 65.5 Å². The highest BCUT2D eigenvalue weighted by atomic mass is 16.7. The molecule has 6 N–H and O–H groups in total. The van der Waals surface area contributed by atoms with E-state index >= 15 is 0 Å². The molecule has 5 aromatic carbocycles. The minimum Gasteiger partial charge on any atom is -0.497 e. The Balaban J connectivity index is 0.670. The Morgan fingerprint density at radius 2 is 1.30 bits per heavy atom. The van der Waals surface area contributed by atoms with E-state index in [1.54, 1.807) is 19.3 Å². The standard InChI is InChI=1S/C88H113N7O14/c1-61(2)20-19-21-62(3)74-39-40-75-73-38-31-68-59-72(45-49-86(68,5)76(73)46-50-87(74,75)6)108-83(100)90-53-55-106-57-56-105-54-52-89-79(96)41-42-80(97)92-78(58-63-22-11-8-12-23-63)81(98)93-77(82(99)94-85(4)47-43-64(44-48-85)60-107-84(101)109-71-36-32-69(33-37-71)95(102)103)28-17-18-51-91-88(65-24-13-9-14-25-65,66-26-15-10-16-27-66)67-29-34-70(104-7)35-30-67/h8-16,22-27,29-37,43-44,47,61,72-78,91H,3,17-21,28,38-42,45-46,48-60H2,1-2,4-7H3,(H,89,96)(H,90,100)(H,92,97)(H,93,98)(H,94,99)/t72-,73-,74+,75-,76-,77-,78-,85?,86-,87+/m0/s1. The first-order valence-electron chi connectivity index (χ1n) is 39.3. The van der Waals surface area contributed by atoms with E-state index in [0.29, 0.717) is 54.5 Å². The van der Waals surface area contributed by atoms with Crippen molar-refractivity contribution in [1.29, 1.82) is 0 Å². The highest BCUT2D eigenvalue weighted by molar-refractivity contribution is 5.93. The van der Waals surface area contributed by atoms with Crippen LogP contribution in [0.1, 0.15) is 166 Å². The number of benzene rings is 5. The fourth-order valence-corrected chi connectivity index (χ4v) is 17.5. The summed E-state index contributed by atoms with van der Waals surface area (Å²) < 4.78 is 33.5. The highest BCUT2D eigenvalue weighted by Crippen LogP contribution is 2.67. The topological polar surface area (TPSA) is 273 Å². The van der Waals surface area contributed by atoms with Gasteiger partial charge in [-0.25, -0.2) is 9.59 Å². The third-order valence-corrected chi connectivity index (χ3v) is 23.4. The number of nitro groups is 1. The Morgan fingerprint density at radius 3 is 1.95 bits per heavy atom. The molecule has 5 aromatic rings. The van der Waals surface area contributed by atoms with E-state index in [1.807, 2.05) is 91.9 Å². The van der Waals surface area contributed by atoms with Crippen LogP contribution in [0.15, 0.2) is 187 Å². The van der Waals surface area contributed by atoms with Crippen LogP contribution in [0.4, 0.5) is 15.3 Å². The zero-order valence-electron chi connectivity index (χ0n) is 64.5. The van der Waals surface area contributed by atoms with E-state index < -0.39 is 58.1 Å². The molecule has 21 nitrogen and oxygen atoms in total. The second kappa shape index (κ2) is 39.3. The number of rotatable bonds is 39. The summed E-state index contributed by atoms with van der Waals surface area (Å²) in [7, 11) is 1.63. The van der Waals surface area contributed by atoms with Gasteiger partial charge in [-0.2, -0.15) is 0 Å². The Kier molecular flexibility index (Phi) is 29.6. The zero-order chi connectivity index (χ0) is 77.4. The number of non-ortho nitro benzene ring substituents is 1. The van der Waals surface area contributed by atoms with Crippen molar-refractivity contribution in [2.75, 3.05) is 59.8 Å². The molecule has 0 heterocycles. The predicted molar refractivity (Wildman–Crippen MR) is 420 cm³/mol. The number of nitrogens with zero attached hydrogens (tertiary/aromatic N) is 1. The molecule has 0 aromatic heterocycles. The average Bonchev–Trinajstić information content (AvgIpc) is 1.71. The lowest BCUT2D eigenvalue weighted by Crippen LogP contribution is -2.57. The lowest BCUT2D eigenvalue weighted by molar-refractivity contribution is -0.384. The first-order valence-corrected chi connectivity index (χ1v) is 39.3. The van der Waals surface area contributed by atoms with Crippen molar-refractivity contribution in [2.45, 2.75) is 179 Å². The van der Waals surface area contributed by atoms with Crippen LogP contribution in [0.5, 0.6) is 11.5 Å². The van der Waals surface area contributed by atoms with Gasteiger partial charge >= 0.3 is 12.2 Å². The second-order valence-electron chi connectivity index (χ2n) is 31.3. The van der Waals surface area contributed by atoms with Crippen LogP contribution in [0.25, 0.3) is 0 Å². The zero-order valence-corrected chi connectivity index (χ0v) is 64.5. The number of nitrogens with one attached hydrogen (secondary N) is 6. The van der Waals surface area contributed by atoms with Gasteiger partial charge in [0.05, 0.1) is 49.5 Å². The van der Waals surface area contributed by atoms with Gasteiger partial charge in [0.2, 0.25) is 23.6 Å². The van der Waals surface area contributed by atoms with Gasteiger partial charge in [0.25, 0.3) is 5.69 Å². The number of methoxy groups -OCH3 is 1. The Morgan fingerprint density at radius 1 is 0.651 bits per heavy atom. The Hall–Kier alpha value is -9.44. The van der Waals surface area contributed by atoms with E-state index in [1.165, 1.54) is 80.4 Å². The van der Waals surface area contributed by atoms with Gasteiger partial charge in [0, 0.05) is 50.9 Å². The number of amides is 5. The Bertz CT molecular complexity index is 3920. The number of alkyl carbamates (subject to hydrolysis) is 1. The second-order valence-corrected chi connectivity index (χ2v) is 31.3. The smallest absolute Gasteiger partial charge is 0.497 e. The van der Waals surface area contributed by atoms with Crippen LogP contribution in [0.2, 0.25) is 0 Å². The number of ether oxygens (including phenoxy) is 6. The van der Waals surface area contributed by atoms with Crippen LogP contribution >= 0.6 is 0 Å². The lowest BCUT2D eigenvalue weighted by atomic mass is 9.47. The van der Waals surface area contributed by atoms with Crippen molar-refractivity contribution in [2.24, 2.45) is 40.4 Å². The number of carbonyl (C=O) groups excluding carboxylic acids is 6. The molecular weight excluding hydrogens is 1380 g/mol. The van der Waals surface area contributed by atoms with E-state index in [4.69, 9.17) is 28.4 Å². The van der Waals surface area contributed by atoms with E-state index in [2.05, 4.69) is 109 Å². The maximum Gasteiger partial charge on any atom is 0.514 e. The molecule has 0 radical (unpaired) electrons. The predicted octanol–water partition coefficient (Wildman–Crippen LogP) is 14.8. The summed E-state index contributed by atoms with van der Waals surface area (Å²) >= 11 is 0. The molecule has 5 amide bonds. The first-order chi connectivity index (χ1) is 52.6. The van der Waals surface area contributed by atoms with Crippen LogP contribution in [-0.4, -0.2) is 124 Å². The number of hydrogen-bond donors (Lipinski definition) is 6. The molecule has 5 aliphatic rings. The molecule has 10 atom stereocenters. The van der Waals surface area contributed by atoms with Gasteiger partial charge in [-0.05, 0) is 189 Å². The monoisotopic (exact) mass is 1490 g/mol. The van der Waals surface area contributed by atoms with Crippen LogP contribution in [-0.2, 0) is 50.1 Å². The summed E-state index contributed by atoms with van der Waals surface area (Å²) in [6, 6.07) is 40.4. The van der Waals surface area contributed by atoms with Crippen molar-refractivity contribution in [3.63, 3.8) is 0 Å². The summed E-state index contributed by atoms with van der Waals surface area (Å²) in [5.41, 5.74) is 6.00. The van der Waals surface area contributed by atoms with Crippen LogP contribution < -0.4 is 41.4 Å². The number of unbranched alkanes of at least 4 members (excludes halogenated alkanes) is 1. The number of nitro benzene ring substituents is 1. The first kappa shape index (κ1) is 82.1. The number of allylic oxidation sites excluding steroid dienone is 2. The summed E-state index contributed by atoms with van der Waals surface area (Å²) in [6.07, 6.45) is 20.2. The van der Waals surface area contributed by atoms with Gasteiger partial charge in [-0.15, -0.1) is 0 Å². The highest BCUT2D eigenvalue weighted by Gasteiger charge is 2.59. The summed E-state index contributed by atoms with van der Waals surface area (Å²) in [5, 5.41) is 29.7. The maximum absolute atomic E-state index is 14.8. The number of carbonyl (C=O) groups is 6. The maximum atomic E-state index is 14.8. The molecule has 0 saturated heterocycles. The van der Waals surface area contributed by atoms with E-state index in [9.17, 15) is 38.9 Å². The van der Waals surface area contributed by atoms with Crippen LogP contribution in [0, 0.1) is 50.5 Å². The molecule has 584 valence electrons. The van der Waals surface area contributed by atoms with Gasteiger partial charge in [0.15, 0.2) is 0 Å². The molecule has 0 bridgehead atoms. The molecule has 1 unspecified atom stereocenters. The summed E-state index contributed by atoms with van der Waals surface area (Å²) in [6.45, 7) is 18.1. The van der Waals surface area contributed by atoms with Crippen LogP contribution in [0.3, 0.4) is 0 Å². The van der Waals surface area contributed by atoms with Crippen molar-refractivity contribution in [1.82, 2.24) is 31.9 Å². The van der Waals surface area contributed by atoms with Crippen molar-refractivity contribution in [3.8, 4) is 11.5 Å². The average molecular weight is 1490 g/mol. The van der Waals surface area contributed by atoms with E-state index in [-0.39, 0.29) is 101 Å². The summed E-state index contributed by atoms with van der Waals surface area (Å²) in [5.74, 6) is 2.33. The number of fused-ring (bicyclic) bond motifs is 5. The fourth-order valence-electron chi connectivity index (χ4n) is 17.5. The lowest BCUT2D eigenvalue weighted by Gasteiger charge is -2.58. The van der Waals surface area contributed by atoms with Gasteiger partial charge in [-0.1, -0.05) is 179 Å². The number of hydrogen-bond acceptors (Lipinski definition) is 15. The quantitative estimate of drug-likeness (QED) is 0.00406. The van der Waals surface area contributed by atoms with Crippen molar-refractivity contribution >= 4 is 41.6 Å². The minimum absolute atomic E-state index is 0.0714. The molecule has 10 rings (SSSR count). The molecule has 0 spiro atoms. The SMILES string of the molecule is C=C(CCCC(C)C)[C@H]1CC[C@H]2[C@@H]3CC=C4C[C@@H](OC(=O)NCCOCCOCCNC(=O)CCC(=O)N[C@@H](Cc5ccccc5)C(=O)N[C@@H](CCCCNC(c5ccccc5)(c5ccccc5)c5ccc(OC)cc5)C(=O)NC5(C)C=CC(COC(=O)Oc6ccc([N+](=O)[O-])cc6)=CC5)CC[C@]4(C)[C@H]3CC[C@]12C. The minimum atomic E-state index is -1.13. The fraction of sp³-hybridized carbons (Fsp3) is 0.500. The molecule has 21 heteroatoms. The molecule has 3 saturated carbocycles. The normalized spacial score (nSPS) is 22.5. The molecule has 0 aliphatic heterocycles. The van der Waals surface area contributed by atoms with Crippen molar-refractivity contribution in [3.05, 3.63) is 219 Å². The largest absolute Gasteiger partial charge is 0.514 e. The van der Waals surface area contributed by atoms with Gasteiger partial charge in [-0.3, -0.25) is 34.6 Å². The van der Waals surface area contributed by atoms with Gasteiger partial charge < -0.3 is 55.0 Å². The summed E-state index contributed by atoms with van der Waals surface area (Å²) in [4.78, 5) is 92.5. The molecule has 5 aliphatic carbocycles. The third-order valence-electron chi connectivity index (χ3n) is 23.4. The molecular formula is C88H113N7O14. The Labute approximate surface area is 643 Å². The molecule has 3 fully saturated rings. The molecule has 109 heavy (non-hydrogen) atoms. The third kappa shape index (κ3) is 22.2. The van der Waals surface area contributed by atoms with Crippen molar-refractivity contribution < 1.29 is 62.1 Å². The van der Waals surface area contributed by atoms with Gasteiger partial charge in [0.1, 0.15) is 36.3 Å².